The first kappa shape index (κ1) is 15.9. The van der Waals surface area contributed by atoms with E-state index in [1.54, 1.807) is 4.90 Å². The first-order valence-electron chi connectivity index (χ1n) is 7.13. The van der Waals surface area contributed by atoms with E-state index in [4.69, 9.17) is 0 Å². The van der Waals surface area contributed by atoms with Crippen molar-refractivity contribution in [1.82, 2.24) is 9.21 Å². The molecule has 1 aromatic rings. The molecule has 0 aromatic heterocycles. The lowest BCUT2D eigenvalue weighted by atomic mass is 10.3. The van der Waals surface area contributed by atoms with E-state index in [1.165, 1.54) is 10.4 Å². The number of amides is 1. The number of hydrogen-bond donors (Lipinski definition) is 0. The summed E-state index contributed by atoms with van der Waals surface area (Å²) in [5.41, 5.74) is 0. The summed E-state index contributed by atoms with van der Waals surface area (Å²) in [6.07, 6.45) is 1.89. The van der Waals surface area contributed by atoms with Gasteiger partial charge in [-0.3, -0.25) is 4.79 Å². The van der Waals surface area contributed by atoms with Gasteiger partial charge in [-0.2, -0.15) is 4.31 Å². The lowest BCUT2D eigenvalue weighted by Crippen LogP contribution is -2.50. The fourth-order valence-electron chi connectivity index (χ4n) is 2.56. The van der Waals surface area contributed by atoms with Crippen LogP contribution in [0.1, 0.15) is 12.8 Å². The Hall–Kier alpha value is -0.990. The number of halogens is 2. The van der Waals surface area contributed by atoms with Crippen LogP contribution in [0.2, 0.25) is 0 Å². The first-order chi connectivity index (χ1) is 10.4. The molecular weight excluding hydrogens is 375 g/mol. The molecule has 0 unspecified atom stereocenters. The smallest absolute Gasteiger partial charge is 0.244 e. The number of hydrogen-bond acceptors (Lipinski definition) is 3. The van der Waals surface area contributed by atoms with Crippen molar-refractivity contribution >= 4 is 31.9 Å². The Kier molecular flexibility index (Phi) is 4.26. The highest BCUT2D eigenvalue weighted by Crippen LogP contribution is 2.32. The van der Waals surface area contributed by atoms with Crippen molar-refractivity contribution in [2.24, 2.45) is 5.92 Å². The molecule has 3 rings (SSSR count). The van der Waals surface area contributed by atoms with E-state index < -0.39 is 15.8 Å². The van der Waals surface area contributed by atoms with Crippen molar-refractivity contribution in [3.05, 3.63) is 28.5 Å². The molecule has 0 atom stereocenters. The number of piperazine rings is 1. The molecule has 1 aliphatic heterocycles. The Labute approximate surface area is 137 Å². The lowest BCUT2D eigenvalue weighted by molar-refractivity contribution is -0.133. The van der Waals surface area contributed by atoms with E-state index in [-0.39, 0.29) is 34.3 Å². The number of carbonyl (C=O) groups excluding carboxylic acids is 1. The molecular formula is C14H16BrFN2O3S. The molecule has 22 heavy (non-hydrogen) atoms. The maximum atomic E-state index is 13.1. The number of rotatable bonds is 3. The van der Waals surface area contributed by atoms with E-state index >= 15 is 0 Å². The van der Waals surface area contributed by atoms with Gasteiger partial charge >= 0.3 is 0 Å². The van der Waals surface area contributed by atoms with Gasteiger partial charge in [0.25, 0.3) is 0 Å². The summed E-state index contributed by atoms with van der Waals surface area (Å²) in [6.45, 7) is 1.36. The van der Waals surface area contributed by atoms with E-state index in [0.717, 1.165) is 25.0 Å². The minimum atomic E-state index is -3.68. The summed E-state index contributed by atoms with van der Waals surface area (Å²) in [6, 6.07) is 3.53. The predicted molar refractivity (Wildman–Crippen MR) is 82.2 cm³/mol. The number of nitrogens with zero attached hydrogens (tertiary/aromatic N) is 2. The topological polar surface area (TPSA) is 57.7 Å². The van der Waals surface area contributed by atoms with Crippen LogP contribution in [0.3, 0.4) is 0 Å². The van der Waals surface area contributed by atoms with Crippen molar-refractivity contribution in [2.75, 3.05) is 26.2 Å². The first-order valence-corrected chi connectivity index (χ1v) is 9.37. The van der Waals surface area contributed by atoms with Crippen LogP contribution in [0.5, 0.6) is 0 Å². The van der Waals surface area contributed by atoms with Gasteiger partial charge < -0.3 is 4.90 Å². The molecule has 0 spiro atoms. The maximum Gasteiger partial charge on any atom is 0.244 e. The summed E-state index contributed by atoms with van der Waals surface area (Å²) in [5, 5.41) is 0. The Bertz CT molecular complexity index is 698. The zero-order valence-electron chi connectivity index (χ0n) is 11.8. The fraction of sp³-hybridized carbons (Fsp3) is 0.500. The number of sulfonamides is 1. The number of benzene rings is 1. The Morgan fingerprint density at radius 3 is 2.36 bits per heavy atom. The predicted octanol–water partition coefficient (Wildman–Crippen LogP) is 1.83. The van der Waals surface area contributed by atoms with Gasteiger partial charge in [-0.25, -0.2) is 12.8 Å². The Morgan fingerprint density at radius 1 is 1.18 bits per heavy atom. The second kappa shape index (κ2) is 5.90. The normalized spacial score (nSPS) is 20.2. The average molecular weight is 391 g/mol. The van der Waals surface area contributed by atoms with Crippen LogP contribution in [-0.2, 0) is 14.8 Å². The van der Waals surface area contributed by atoms with Crippen molar-refractivity contribution < 1.29 is 17.6 Å². The molecule has 1 amide bonds. The molecule has 0 bridgehead atoms. The van der Waals surface area contributed by atoms with E-state index in [0.29, 0.717) is 13.1 Å². The van der Waals surface area contributed by atoms with Crippen molar-refractivity contribution in [3.63, 3.8) is 0 Å². The van der Waals surface area contributed by atoms with Gasteiger partial charge in [-0.15, -0.1) is 0 Å². The highest BCUT2D eigenvalue weighted by molar-refractivity contribution is 9.10. The second-order valence-electron chi connectivity index (χ2n) is 5.58. The Balaban J connectivity index is 1.72. The SMILES string of the molecule is O=C(C1CC1)N1CCN(S(=O)(=O)c2ccc(F)cc2Br)CC1. The third-order valence-electron chi connectivity index (χ3n) is 3.99. The van der Waals surface area contributed by atoms with Gasteiger partial charge in [-0.05, 0) is 47.0 Å². The van der Waals surface area contributed by atoms with Gasteiger partial charge in [0.05, 0.1) is 4.90 Å². The van der Waals surface area contributed by atoms with E-state index in [2.05, 4.69) is 15.9 Å². The molecule has 1 aliphatic carbocycles. The summed E-state index contributed by atoms with van der Waals surface area (Å²) in [5.74, 6) is -0.208. The van der Waals surface area contributed by atoms with Crippen LogP contribution in [0, 0.1) is 11.7 Å². The quantitative estimate of drug-likeness (QED) is 0.790. The highest BCUT2D eigenvalue weighted by atomic mass is 79.9. The van der Waals surface area contributed by atoms with Crippen LogP contribution in [0.25, 0.3) is 0 Å². The Morgan fingerprint density at radius 2 is 1.82 bits per heavy atom. The molecule has 1 saturated heterocycles. The molecule has 2 fully saturated rings. The average Bonchev–Trinajstić information content (AvgIpc) is 3.31. The van der Waals surface area contributed by atoms with Gasteiger partial charge in [0.2, 0.25) is 15.9 Å². The van der Waals surface area contributed by atoms with Crippen molar-refractivity contribution in [1.29, 1.82) is 0 Å². The van der Waals surface area contributed by atoms with Crippen molar-refractivity contribution in [3.8, 4) is 0 Å². The molecule has 0 N–H and O–H groups in total. The van der Waals surface area contributed by atoms with Crippen LogP contribution < -0.4 is 0 Å². The van der Waals surface area contributed by atoms with Gasteiger partial charge in [-0.1, -0.05) is 0 Å². The summed E-state index contributed by atoms with van der Waals surface area (Å²) < 4.78 is 39.9. The molecule has 1 heterocycles. The summed E-state index contributed by atoms with van der Waals surface area (Å²) in [7, 11) is -3.68. The van der Waals surface area contributed by atoms with Gasteiger partial charge in [0.1, 0.15) is 5.82 Å². The molecule has 1 saturated carbocycles. The van der Waals surface area contributed by atoms with Crippen LogP contribution in [0.4, 0.5) is 4.39 Å². The van der Waals surface area contributed by atoms with Crippen LogP contribution >= 0.6 is 15.9 Å². The molecule has 120 valence electrons. The minimum absolute atomic E-state index is 0.0517. The van der Waals surface area contributed by atoms with Crippen LogP contribution in [0.15, 0.2) is 27.6 Å². The van der Waals surface area contributed by atoms with E-state index in [9.17, 15) is 17.6 Å². The summed E-state index contributed by atoms with van der Waals surface area (Å²) in [4.78, 5) is 13.8. The molecule has 2 aliphatic rings. The standard InChI is InChI=1S/C14H16BrFN2O3S/c15-12-9-11(16)3-4-13(12)22(20,21)18-7-5-17(6-8-18)14(19)10-1-2-10/h3-4,9-10H,1-2,5-8H2. The zero-order valence-corrected chi connectivity index (χ0v) is 14.2. The molecule has 1 aromatic carbocycles. The van der Waals surface area contributed by atoms with Gasteiger partial charge in [0, 0.05) is 36.6 Å². The fourth-order valence-corrected chi connectivity index (χ4v) is 4.99. The lowest BCUT2D eigenvalue weighted by Gasteiger charge is -2.34. The highest BCUT2D eigenvalue weighted by Gasteiger charge is 2.37. The third kappa shape index (κ3) is 3.04. The minimum Gasteiger partial charge on any atom is -0.340 e. The second-order valence-corrected chi connectivity index (χ2v) is 8.34. The van der Waals surface area contributed by atoms with Crippen LogP contribution in [-0.4, -0.2) is 49.7 Å². The monoisotopic (exact) mass is 390 g/mol. The molecule has 5 nitrogen and oxygen atoms in total. The van der Waals surface area contributed by atoms with Gasteiger partial charge in [0.15, 0.2) is 0 Å². The maximum absolute atomic E-state index is 13.1. The summed E-state index contributed by atoms with van der Waals surface area (Å²) >= 11 is 3.10. The molecule has 0 radical (unpaired) electrons. The zero-order chi connectivity index (χ0) is 15.9. The third-order valence-corrected chi connectivity index (χ3v) is 6.86. The van der Waals surface area contributed by atoms with Crippen molar-refractivity contribution in [2.45, 2.75) is 17.7 Å². The molecule has 8 heteroatoms. The largest absolute Gasteiger partial charge is 0.340 e. The number of carbonyl (C=O) groups is 1. The van der Waals surface area contributed by atoms with E-state index in [1.807, 2.05) is 0 Å².